The average molecular weight is 292 g/mol. The number of nitrogens with one attached hydrogen (secondary N) is 1. The lowest BCUT2D eigenvalue weighted by Crippen LogP contribution is -2.39. The van der Waals surface area contributed by atoms with E-state index in [4.69, 9.17) is 4.74 Å². The van der Waals surface area contributed by atoms with Crippen molar-refractivity contribution < 1.29 is 9.53 Å². The SMILES string of the molecule is CC(=O)NC(C)(C)c1nc2c(OC(C)C)cccc2s1. The Balaban J connectivity index is 2.45. The predicted molar refractivity (Wildman–Crippen MR) is 82.2 cm³/mol. The summed E-state index contributed by atoms with van der Waals surface area (Å²) in [7, 11) is 0. The van der Waals surface area contributed by atoms with Crippen LogP contribution in [0.3, 0.4) is 0 Å². The average Bonchev–Trinajstić information content (AvgIpc) is 2.72. The van der Waals surface area contributed by atoms with Crippen molar-refractivity contribution in [3.8, 4) is 5.75 Å². The van der Waals surface area contributed by atoms with Gasteiger partial charge >= 0.3 is 0 Å². The van der Waals surface area contributed by atoms with Gasteiger partial charge < -0.3 is 10.1 Å². The molecule has 1 heterocycles. The molecular weight excluding hydrogens is 272 g/mol. The van der Waals surface area contributed by atoms with Crippen LogP contribution in [0.5, 0.6) is 5.75 Å². The van der Waals surface area contributed by atoms with E-state index in [1.165, 1.54) is 6.92 Å². The van der Waals surface area contributed by atoms with Crippen LogP contribution >= 0.6 is 11.3 Å². The Morgan fingerprint density at radius 1 is 1.40 bits per heavy atom. The lowest BCUT2D eigenvalue weighted by molar-refractivity contribution is -0.120. The third kappa shape index (κ3) is 3.10. The van der Waals surface area contributed by atoms with E-state index in [9.17, 15) is 4.79 Å². The van der Waals surface area contributed by atoms with Crippen LogP contribution in [-0.4, -0.2) is 17.0 Å². The molecule has 1 aromatic heterocycles. The van der Waals surface area contributed by atoms with Crippen molar-refractivity contribution in [2.45, 2.75) is 46.3 Å². The van der Waals surface area contributed by atoms with Crippen LogP contribution < -0.4 is 10.1 Å². The van der Waals surface area contributed by atoms with Gasteiger partial charge in [0.15, 0.2) is 0 Å². The van der Waals surface area contributed by atoms with Gasteiger partial charge in [0.1, 0.15) is 16.3 Å². The Bertz CT molecular complexity index is 632. The number of aromatic nitrogens is 1. The number of ether oxygens (including phenoxy) is 1. The predicted octanol–water partition coefficient (Wildman–Crippen LogP) is 3.45. The van der Waals surface area contributed by atoms with Gasteiger partial charge in [0.2, 0.25) is 5.91 Å². The summed E-state index contributed by atoms with van der Waals surface area (Å²) in [5.41, 5.74) is 0.379. The second-order valence-electron chi connectivity index (χ2n) is 5.59. The minimum absolute atomic E-state index is 0.0621. The number of nitrogens with zero attached hydrogens (tertiary/aromatic N) is 1. The molecule has 0 unspecified atom stereocenters. The van der Waals surface area contributed by atoms with Crippen LogP contribution in [0.4, 0.5) is 0 Å². The first-order valence-electron chi connectivity index (χ1n) is 6.65. The number of benzene rings is 1. The van der Waals surface area contributed by atoms with Crippen molar-refractivity contribution in [1.82, 2.24) is 10.3 Å². The van der Waals surface area contributed by atoms with Crippen molar-refractivity contribution in [2.24, 2.45) is 0 Å². The molecule has 1 amide bonds. The third-order valence-corrected chi connectivity index (χ3v) is 4.11. The van der Waals surface area contributed by atoms with Crippen molar-refractivity contribution >= 4 is 27.5 Å². The molecule has 0 aliphatic heterocycles. The van der Waals surface area contributed by atoms with E-state index < -0.39 is 5.54 Å². The molecule has 0 bridgehead atoms. The van der Waals surface area contributed by atoms with Crippen LogP contribution in [0, 0.1) is 0 Å². The molecule has 2 rings (SSSR count). The first kappa shape index (κ1) is 14.8. The van der Waals surface area contributed by atoms with Crippen molar-refractivity contribution in [1.29, 1.82) is 0 Å². The van der Waals surface area contributed by atoms with E-state index in [0.29, 0.717) is 0 Å². The summed E-state index contributed by atoms with van der Waals surface area (Å²) in [6, 6.07) is 5.91. The summed E-state index contributed by atoms with van der Waals surface area (Å²) in [4.78, 5) is 16.0. The third-order valence-electron chi connectivity index (χ3n) is 2.77. The maximum absolute atomic E-state index is 11.3. The number of carbonyl (C=O) groups is 1. The molecule has 1 N–H and O–H groups in total. The second-order valence-corrected chi connectivity index (χ2v) is 6.63. The van der Waals surface area contributed by atoms with Gasteiger partial charge in [0.05, 0.1) is 16.3 Å². The van der Waals surface area contributed by atoms with Crippen LogP contribution in [0.15, 0.2) is 18.2 Å². The highest BCUT2D eigenvalue weighted by atomic mass is 32.1. The lowest BCUT2D eigenvalue weighted by Gasteiger charge is -2.22. The number of rotatable bonds is 4. The highest BCUT2D eigenvalue weighted by molar-refractivity contribution is 7.18. The van der Waals surface area contributed by atoms with Gasteiger partial charge in [0.25, 0.3) is 0 Å². The molecule has 0 saturated carbocycles. The number of hydrogen-bond acceptors (Lipinski definition) is 4. The van der Waals surface area contributed by atoms with Crippen molar-refractivity contribution in [3.63, 3.8) is 0 Å². The molecule has 108 valence electrons. The Hall–Kier alpha value is -1.62. The minimum atomic E-state index is -0.482. The van der Waals surface area contributed by atoms with E-state index in [-0.39, 0.29) is 12.0 Å². The Morgan fingerprint density at radius 2 is 2.10 bits per heavy atom. The Labute approximate surface area is 123 Å². The van der Waals surface area contributed by atoms with E-state index in [2.05, 4.69) is 10.3 Å². The molecule has 4 nitrogen and oxygen atoms in total. The molecule has 0 radical (unpaired) electrons. The summed E-state index contributed by atoms with van der Waals surface area (Å²) in [5, 5.41) is 3.80. The van der Waals surface area contributed by atoms with Gasteiger partial charge in [-0.25, -0.2) is 4.98 Å². The molecule has 0 aliphatic carbocycles. The number of para-hydroxylation sites is 1. The van der Waals surface area contributed by atoms with E-state index in [1.54, 1.807) is 11.3 Å². The maximum atomic E-state index is 11.3. The largest absolute Gasteiger partial charge is 0.489 e. The van der Waals surface area contributed by atoms with E-state index in [1.807, 2.05) is 45.9 Å². The van der Waals surface area contributed by atoms with Crippen LogP contribution in [0.1, 0.15) is 39.6 Å². The fourth-order valence-corrected chi connectivity index (χ4v) is 3.07. The molecular formula is C15H20N2O2S. The van der Waals surface area contributed by atoms with Gasteiger partial charge in [-0.2, -0.15) is 0 Å². The normalized spacial score (nSPS) is 11.9. The highest BCUT2D eigenvalue weighted by Gasteiger charge is 2.26. The number of carbonyl (C=O) groups excluding carboxylic acids is 1. The molecule has 2 aromatic rings. The minimum Gasteiger partial charge on any atom is -0.489 e. The van der Waals surface area contributed by atoms with Crippen LogP contribution in [-0.2, 0) is 10.3 Å². The van der Waals surface area contributed by atoms with Gasteiger partial charge in [-0.3, -0.25) is 4.79 Å². The molecule has 1 aromatic carbocycles. The fourth-order valence-electron chi connectivity index (χ4n) is 2.03. The molecule has 5 heteroatoms. The molecule has 20 heavy (non-hydrogen) atoms. The molecule has 0 aliphatic rings. The van der Waals surface area contributed by atoms with Crippen LogP contribution in [0.25, 0.3) is 10.2 Å². The molecule has 0 spiro atoms. The van der Waals surface area contributed by atoms with Gasteiger partial charge in [-0.1, -0.05) is 6.07 Å². The number of amides is 1. The van der Waals surface area contributed by atoms with Crippen molar-refractivity contribution in [3.05, 3.63) is 23.2 Å². The van der Waals surface area contributed by atoms with Gasteiger partial charge in [-0.05, 0) is 39.8 Å². The van der Waals surface area contributed by atoms with Crippen molar-refractivity contribution in [2.75, 3.05) is 0 Å². The zero-order valence-corrected chi connectivity index (χ0v) is 13.3. The highest BCUT2D eigenvalue weighted by Crippen LogP contribution is 2.34. The standard InChI is InChI=1S/C15H20N2O2S/c1-9(2)19-11-7-6-8-12-13(11)16-14(20-12)15(4,5)17-10(3)18/h6-9H,1-5H3,(H,17,18). The Morgan fingerprint density at radius 3 is 2.70 bits per heavy atom. The smallest absolute Gasteiger partial charge is 0.217 e. The monoisotopic (exact) mass is 292 g/mol. The van der Waals surface area contributed by atoms with E-state index >= 15 is 0 Å². The summed E-state index contributed by atoms with van der Waals surface area (Å²) in [5.74, 6) is 0.728. The number of thiazole rings is 1. The summed E-state index contributed by atoms with van der Waals surface area (Å²) >= 11 is 1.58. The lowest BCUT2D eigenvalue weighted by atomic mass is 10.1. The number of fused-ring (bicyclic) bond motifs is 1. The molecule has 0 saturated heterocycles. The quantitative estimate of drug-likeness (QED) is 0.939. The van der Waals surface area contributed by atoms with Gasteiger partial charge in [-0.15, -0.1) is 11.3 Å². The summed E-state index contributed by atoms with van der Waals surface area (Å²) < 4.78 is 6.86. The summed E-state index contributed by atoms with van der Waals surface area (Å²) in [6.45, 7) is 9.41. The molecule has 0 atom stereocenters. The van der Waals surface area contributed by atoms with E-state index in [0.717, 1.165) is 21.0 Å². The Kier molecular flexibility index (Phi) is 3.99. The zero-order valence-electron chi connectivity index (χ0n) is 12.5. The first-order valence-corrected chi connectivity index (χ1v) is 7.46. The second kappa shape index (κ2) is 5.40. The topological polar surface area (TPSA) is 51.2 Å². The van der Waals surface area contributed by atoms with Crippen LogP contribution in [0.2, 0.25) is 0 Å². The number of hydrogen-bond donors (Lipinski definition) is 1. The zero-order chi connectivity index (χ0) is 14.9. The van der Waals surface area contributed by atoms with Gasteiger partial charge in [0, 0.05) is 6.92 Å². The fraction of sp³-hybridized carbons (Fsp3) is 0.467. The maximum Gasteiger partial charge on any atom is 0.217 e. The molecule has 0 fully saturated rings. The first-order chi connectivity index (χ1) is 9.29. The summed E-state index contributed by atoms with van der Waals surface area (Å²) in [6.07, 6.45) is 0.106.